The fourth-order valence-electron chi connectivity index (χ4n) is 4.41. The van der Waals surface area contributed by atoms with E-state index in [1.165, 1.54) is 37.3 Å². The van der Waals surface area contributed by atoms with Crippen LogP contribution in [-0.2, 0) is 26.2 Å². The Morgan fingerprint density at radius 2 is 1.48 bits per heavy atom. The monoisotopic (exact) mass is 627 g/mol. The zero-order chi connectivity index (χ0) is 32.3. The molecule has 0 saturated heterocycles. The van der Waals surface area contributed by atoms with E-state index in [0.717, 1.165) is 16.3 Å². The lowest BCUT2D eigenvalue weighted by atomic mass is 10.1. The Morgan fingerprint density at radius 1 is 0.841 bits per heavy atom. The summed E-state index contributed by atoms with van der Waals surface area (Å²) in [6, 6.07) is 16.8. The molecule has 12 heteroatoms. The lowest BCUT2D eigenvalue weighted by molar-refractivity contribution is -0.139. The van der Waals surface area contributed by atoms with Gasteiger partial charge in [-0.3, -0.25) is 13.9 Å². The molecule has 1 N–H and O–H groups in total. The second-order valence-corrected chi connectivity index (χ2v) is 11.7. The topological polar surface area (TPSA) is 124 Å². The summed E-state index contributed by atoms with van der Waals surface area (Å²) >= 11 is 0. The molecule has 3 aromatic rings. The standard InChI is InChI=1S/C32H41N3O8S/c1-7-19-33-32(37)23(3)34(21-24-9-13-26(40-4)14-10-24)31(36)22-35(25-11-15-27(16-12-25)43-8-2)44(38,39)28-17-18-29(41-5)30(20-28)42-6/h9-18,20,23H,7-8,19,21-22H2,1-6H3,(H,33,37)/t23-/m0/s1. The van der Waals surface area contributed by atoms with E-state index in [0.29, 0.717) is 30.4 Å². The average molecular weight is 628 g/mol. The highest BCUT2D eigenvalue weighted by molar-refractivity contribution is 7.92. The summed E-state index contributed by atoms with van der Waals surface area (Å²) < 4.78 is 50.8. The van der Waals surface area contributed by atoms with E-state index < -0.39 is 28.5 Å². The van der Waals surface area contributed by atoms with Crippen LogP contribution >= 0.6 is 0 Å². The number of ether oxygens (including phenoxy) is 4. The molecule has 11 nitrogen and oxygen atoms in total. The number of hydrogen-bond donors (Lipinski definition) is 1. The molecule has 3 aromatic carbocycles. The molecule has 0 radical (unpaired) electrons. The number of anilines is 1. The fourth-order valence-corrected chi connectivity index (χ4v) is 5.84. The predicted molar refractivity (Wildman–Crippen MR) is 168 cm³/mol. The molecule has 2 amide bonds. The third kappa shape index (κ3) is 8.34. The molecule has 0 unspecified atom stereocenters. The number of methoxy groups -OCH3 is 3. The van der Waals surface area contributed by atoms with E-state index in [1.54, 1.807) is 62.6 Å². The van der Waals surface area contributed by atoms with E-state index in [4.69, 9.17) is 18.9 Å². The number of hydrogen-bond acceptors (Lipinski definition) is 8. The van der Waals surface area contributed by atoms with Crippen LogP contribution in [0.3, 0.4) is 0 Å². The Hall–Kier alpha value is -4.45. The molecule has 0 bridgehead atoms. The van der Waals surface area contributed by atoms with Gasteiger partial charge in [-0.2, -0.15) is 0 Å². The minimum Gasteiger partial charge on any atom is -0.497 e. The number of carbonyl (C=O) groups is 2. The van der Waals surface area contributed by atoms with Crippen molar-refractivity contribution in [3.05, 3.63) is 72.3 Å². The van der Waals surface area contributed by atoms with Crippen molar-refractivity contribution in [2.24, 2.45) is 0 Å². The number of benzene rings is 3. The normalized spacial score (nSPS) is 11.7. The highest BCUT2D eigenvalue weighted by Crippen LogP contribution is 2.33. The van der Waals surface area contributed by atoms with E-state index >= 15 is 0 Å². The Morgan fingerprint density at radius 3 is 2.05 bits per heavy atom. The summed E-state index contributed by atoms with van der Waals surface area (Å²) in [5, 5.41) is 2.83. The van der Waals surface area contributed by atoms with Crippen molar-refractivity contribution in [2.45, 2.75) is 44.7 Å². The van der Waals surface area contributed by atoms with Gasteiger partial charge in [0.05, 0.1) is 38.5 Å². The minimum absolute atomic E-state index is 0.0665. The first-order valence-corrected chi connectivity index (χ1v) is 15.7. The van der Waals surface area contributed by atoms with Gasteiger partial charge in [0.15, 0.2) is 11.5 Å². The summed E-state index contributed by atoms with van der Waals surface area (Å²) in [6.45, 7) is 5.76. The van der Waals surface area contributed by atoms with Crippen molar-refractivity contribution >= 4 is 27.5 Å². The number of rotatable bonds is 16. The van der Waals surface area contributed by atoms with Crippen molar-refractivity contribution in [2.75, 3.05) is 45.3 Å². The summed E-state index contributed by atoms with van der Waals surface area (Å²) in [4.78, 5) is 28.4. The largest absolute Gasteiger partial charge is 0.497 e. The van der Waals surface area contributed by atoms with E-state index in [9.17, 15) is 18.0 Å². The molecule has 0 spiro atoms. The molecule has 3 rings (SSSR count). The van der Waals surface area contributed by atoms with Crippen molar-refractivity contribution in [1.82, 2.24) is 10.2 Å². The first kappa shape index (κ1) is 34.0. The molecular weight excluding hydrogens is 586 g/mol. The maximum absolute atomic E-state index is 14.2. The average Bonchev–Trinajstić information content (AvgIpc) is 3.04. The summed E-state index contributed by atoms with van der Waals surface area (Å²) in [5.74, 6) is 0.847. The van der Waals surface area contributed by atoms with Crippen LogP contribution in [0.4, 0.5) is 5.69 Å². The Bertz CT molecular complexity index is 1490. The van der Waals surface area contributed by atoms with Gasteiger partial charge in [0, 0.05) is 19.2 Å². The molecule has 1 atom stereocenters. The van der Waals surface area contributed by atoms with Crippen molar-refractivity contribution in [1.29, 1.82) is 0 Å². The van der Waals surface area contributed by atoms with Crippen LogP contribution < -0.4 is 28.6 Å². The lowest BCUT2D eigenvalue weighted by Crippen LogP contribution is -2.51. The molecule has 0 aliphatic carbocycles. The van der Waals surface area contributed by atoms with E-state index in [-0.39, 0.29) is 28.8 Å². The zero-order valence-corrected chi connectivity index (χ0v) is 26.8. The van der Waals surface area contributed by atoms with Crippen LogP contribution in [0.1, 0.15) is 32.8 Å². The predicted octanol–water partition coefficient (Wildman–Crippen LogP) is 4.25. The number of carbonyl (C=O) groups excluding carboxylic acids is 2. The smallest absolute Gasteiger partial charge is 0.264 e. The number of nitrogens with zero attached hydrogens (tertiary/aromatic N) is 2. The van der Waals surface area contributed by atoms with E-state index in [2.05, 4.69) is 5.32 Å². The van der Waals surface area contributed by atoms with Crippen molar-refractivity contribution in [3.8, 4) is 23.0 Å². The molecule has 238 valence electrons. The maximum atomic E-state index is 14.2. The SMILES string of the molecule is CCCNC(=O)[C@H](C)N(Cc1ccc(OC)cc1)C(=O)CN(c1ccc(OCC)cc1)S(=O)(=O)c1ccc(OC)c(OC)c1. The van der Waals surface area contributed by atoms with Crippen LogP contribution in [0.15, 0.2) is 71.6 Å². The third-order valence-electron chi connectivity index (χ3n) is 6.89. The highest BCUT2D eigenvalue weighted by Gasteiger charge is 2.33. The quantitative estimate of drug-likeness (QED) is 0.250. The third-order valence-corrected chi connectivity index (χ3v) is 8.66. The van der Waals surface area contributed by atoms with Crippen LogP contribution in [0.2, 0.25) is 0 Å². The lowest BCUT2D eigenvalue weighted by Gasteiger charge is -2.32. The fraction of sp³-hybridized carbons (Fsp3) is 0.375. The minimum atomic E-state index is -4.32. The Labute approximate surface area is 259 Å². The van der Waals surface area contributed by atoms with Gasteiger partial charge in [-0.15, -0.1) is 0 Å². The molecule has 0 aliphatic heterocycles. The van der Waals surface area contributed by atoms with Crippen LogP contribution in [0.5, 0.6) is 23.0 Å². The molecule has 0 aromatic heterocycles. The molecule has 0 fully saturated rings. The highest BCUT2D eigenvalue weighted by atomic mass is 32.2. The molecule has 0 heterocycles. The van der Waals surface area contributed by atoms with Gasteiger partial charge >= 0.3 is 0 Å². The van der Waals surface area contributed by atoms with Gasteiger partial charge in [-0.1, -0.05) is 19.1 Å². The van der Waals surface area contributed by atoms with Gasteiger partial charge in [0.2, 0.25) is 11.8 Å². The summed E-state index contributed by atoms with van der Waals surface area (Å²) in [7, 11) is 0.0972. The molecule has 44 heavy (non-hydrogen) atoms. The van der Waals surface area contributed by atoms with Gasteiger partial charge < -0.3 is 29.2 Å². The van der Waals surface area contributed by atoms with Crippen molar-refractivity contribution in [3.63, 3.8) is 0 Å². The molecule has 0 aliphatic rings. The zero-order valence-electron chi connectivity index (χ0n) is 26.0. The Kier molecular flexibility index (Phi) is 12.3. The number of nitrogens with one attached hydrogen (secondary N) is 1. The van der Waals surface area contributed by atoms with Gasteiger partial charge in [0.25, 0.3) is 10.0 Å². The number of sulfonamides is 1. The maximum Gasteiger partial charge on any atom is 0.264 e. The van der Waals surface area contributed by atoms with E-state index in [1.807, 2.05) is 13.8 Å². The Balaban J connectivity index is 2.06. The van der Waals surface area contributed by atoms with Crippen LogP contribution in [0.25, 0.3) is 0 Å². The molecule has 0 saturated carbocycles. The molecular formula is C32H41N3O8S. The van der Waals surface area contributed by atoms with Crippen LogP contribution in [-0.4, -0.2) is 72.2 Å². The second kappa shape index (κ2) is 15.9. The first-order valence-electron chi connectivity index (χ1n) is 14.3. The first-order chi connectivity index (χ1) is 21.1. The second-order valence-electron chi connectivity index (χ2n) is 9.79. The van der Waals surface area contributed by atoms with Crippen LogP contribution in [0, 0.1) is 0 Å². The van der Waals surface area contributed by atoms with Crippen molar-refractivity contribution < 1.29 is 37.0 Å². The van der Waals surface area contributed by atoms with Gasteiger partial charge in [-0.05, 0) is 74.4 Å². The summed E-state index contributed by atoms with van der Waals surface area (Å²) in [5.41, 5.74) is 0.980. The number of amides is 2. The summed E-state index contributed by atoms with van der Waals surface area (Å²) in [6.07, 6.45) is 0.722. The van der Waals surface area contributed by atoms with Gasteiger partial charge in [0.1, 0.15) is 24.1 Å². The van der Waals surface area contributed by atoms with Gasteiger partial charge in [-0.25, -0.2) is 8.42 Å².